The summed E-state index contributed by atoms with van der Waals surface area (Å²) in [5, 5.41) is 54.9. The molecular weight excluding hydrogens is 652 g/mol. The first-order valence-corrected chi connectivity index (χ1v) is 15.2. The number of rotatable bonds is 10. The molecule has 2 aromatic heterocycles. The van der Waals surface area contributed by atoms with E-state index in [2.05, 4.69) is 15.1 Å². The highest BCUT2D eigenvalue weighted by atomic mass is 16.6. The van der Waals surface area contributed by atoms with Gasteiger partial charge in [0.05, 0.1) is 32.6 Å². The van der Waals surface area contributed by atoms with Gasteiger partial charge in [0.2, 0.25) is 0 Å². The molecule has 50 heavy (non-hydrogen) atoms. The van der Waals surface area contributed by atoms with Crippen LogP contribution in [0.25, 0.3) is 23.2 Å². The summed E-state index contributed by atoms with van der Waals surface area (Å²) in [7, 11) is 4.59. The molecule has 1 saturated heterocycles. The average molecular weight is 689 g/mol. The fourth-order valence-corrected chi connectivity index (χ4v) is 5.34. The molecule has 262 valence electrons. The second kappa shape index (κ2) is 15.2. The van der Waals surface area contributed by atoms with E-state index in [0.717, 1.165) is 0 Å². The predicted octanol–water partition coefficient (Wildman–Crippen LogP) is 1.48. The molecule has 0 aliphatic carbocycles. The highest BCUT2D eigenvalue weighted by Gasteiger charge is 2.44. The molecule has 4 atom stereocenters. The van der Waals surface area contributed by atoms with Crippen LogP contribution in [0.1, 0.15) is 29.3 Å². The molecule has 4 heterocycles. The zero-order valence-electron chi connectivity index (χ0n) is 27.2. The first kappa shape index (κ1) is 35.5. The number of anilines is 1. The van der Waals surface area contributed by atoms with Crippen molar-refractivity contribution in [3.63, 3.8) is 0 Å². The smallest absolute Gasteiger partial charge is 0.164 e. The maximum Gasteiger partial charge on any atom is 0.164 e. The van der Waals surface area contributed by atoms with Gasteiger partial charge in [-0.1, -0.05) is 24.3 Å². The lowest BCUT2D eigenvalue weighted by atomic mass is 10.1. The van der Waals surface area contributed by atoms with Crippen molar-refractivity contribution in [1.82, 2.24) is 14.5 Å². The highest BCUT2D eigenvalue weighted by Crippen LogP contribution is 2.37. The number of phenols is 2. The summed E-state index contributed by atoms with van der Waals surface area (Å²) < 4.78 is 17.1. The van der Waals surface area contributed by atoms with Crippen LogP contribution >= 0.6 is 0 Å². The van der Waals surface area contributed by atoms with Crippen molar-refractivity contribution in [2.24, 2.45) is 10.8 Å². The first-order chi connectivity index (χ1) is 23.9. The summed E-state index contributed by atoms with van der Waals surface area (Å²) in [4.78, 5) is 32.3. The van der Waals surface area contributed by atoms with E-state index < -0.39 is 31.1 Å². The Balaban J connectivity index is 0.000000196. The fourth-order valence-electron chi connectivity index (χ4n) is 5.34. The molecule has 2 aromatic carbocycles. The van der Waals surface area contributed by atoms with Gasteiger partial charge in [-0.05, 0) is 47.5 Å². The molecular formula is C34H36N6O10. The van der Waals surface area contributed by atoms with Crippen LogP contribution in [0.2, 0.25) is 0 Å². The molecule has 4 aromatic rings. The van der Waals surface area contributed by atoms with E-state index in [1.165, 1.54) is 44.8 Å². The molecule has 0 unspecified atom stereocenters. The number of aromatic hydroxyl groups is 2. The number of nitrogens with two attached hydrogens (primary N) is 1. The number of aliphatic hydroxyl groups excluding tert-OH is 3. The Bertz CT molecular complexity index is 1920. The zero-order chi connectivity index (χ0) is 36.1. The van der Waals surface area contributed by atoms with Crippen molar-refractivity contribution < 1.29 is 49.3 Å². The monoisotopic (exact) mass is 688 g/mol. The Morgan fingerprint density at radius 3 is 2.04 bits per heavy atom. The zero-order valence-corrected chi connectivity index (χ0v) is 27.2. The number of hydrazone groups is 1. The van der Waals surface area contributed by atoms with Gasteiger partial charge in [-0.3, -0.25) is 9.59 Å². The quantitative estimate of drug-likeness (QED) is 0.102. The van der Waals surface area contributed by atoms with Crippen LogP contribution in [0.3, 0.4) is 0 Å². The van der Waals surface area contributed by atoms with Gasteiger partial charge in [-0.2, -0.15) is 5.10 Å². The molecule has 6 rings (SSSR count). The summed E-state index contributed by atoms with van der Waals surface area (Å²) in [6.07, 6.45) is 4.34. The van der Waals surface area contributed by atoms with Crippen LogP contribution in [0.5, 0.6) is 23.0 Å². The number of nitrogens with zero attached hydrogens (tertiary/aromatic N) is 5. The maximum absolute atomic E-state index is 11.9. The van der Waals surface area contributed by atoms with Gasteiger partial charge < -0.3 is 50.0 Å². The molecule has 7 N–H and O–H groups in total. The maximum atomic E-state index is 11.9. The Labute approximate surface area is 285 Å². The number of allylic oxidation sites excluding steroid dienone is 2. The van der Waals surface area contributed by atoms with Gasteiger partial charge in [-0.25, -0.2) is 15.0 Å². The second-order valence-corrected chi connectivity index (χ2v) is 11.2. The van der Waals surface area contributed by atoms with Crippen molar-refractivity contribution in [3.8, 4) is 23.0 Å². The van der Waals surface area contributed by atoms with E-state index in [-0.39, 0.29) is 29.5 Å². The second-order valence-electron chi connectivity index (χ2n) is 11.2. The third kappa shape index (κ3) is 7.42. The SMILES string of the molecule is CN1N=C(N)c2cn([C@@H]3O[C@H](CO)[C@@H](O)[C@H]3O)c3ncnc1c23.COc1cc(/C=C/C(=O)CC(=O)/C=C/c2ccc(O)c(OC)c2)ccc1O. The lowest BCUT2D eigenvalue weighted by Gasteiger charge is -2.19. The van der Waals surface area contributed by atoms with Crippen LogP contribution in [0, 0.1) is 0 Å². The topological polar surface area (TPSA) is 235 Å². The molecule has 0 bridgehead atoms. The van der Waals surface area contributed by atoms with Crippen LogP contribution in [-0.2, 0) is 14.3 Å². The molecule has 0 amide bonds. The van der Waals surface area contributed by atoms with Crippen molar-refractivity contribution in [2.45, 2.75) is 31.0 Å². The van der Waals surface area contributed by atoms with E-state index in [1.54, 1.807) is 59.2 Å². The van der Waals surface area contributed by atoms with Crippen LogP contribution < -0.4 is 20.2 Å². The Morgan fingerprint density at radius 2 is 1.52 bits per heavy atom. The van der Waals surface area contributed by atoms with E-state index in [1.807, 2.05) is 0 Å². The van der Waals surface area contributed by atoms with Crippen LogP contribution in [-0.4, -0.2) is 104 Å². The standard InChI is InChI=1S/C21H20O6.C13H16N6O4/c1-26-20-11-14(5-9-18(20)24)3-7-16(22)13-17(23)8-4-15-6-10-19(25)21(12-15)27-2;1-18-11-7-5(10(14)17-18)2-19(12(7)16-4-15-11)13-9(22)8(21)6(3-20)23-13/h3-12,24-25H,13H2,1-2H3;2,4,6,8-9,13,20-22H,3H2,1H3,(H2,14,17)/b7-3+,8-4+;/t;6-,8-,9-,13-/m.1/s1. The van der Waals surface area contributed by atoms with Gasteiger partial charge in [0.15, 0.2) is 52.4 Å². The van der Waals surface area contributed by atoms with Crippen molar-refractivity contribution in [1.29, 1.82) is 0 Å². The average Bonchev–Trinajstić information content (AvgIpc) is 3.63. The van der Waals surface area contributed by atoms with Gasteiger partial charge in [0, 0.05) is 18.8 Å². The summed E-state index contributed by atoms with van der Waals surface area (Å²) in [6.45, 7) is -0.395. The molecule has 0 saturated carbocycles. The van der Waals surface area contributed by atoms with E-state index in [0.29, 0.717) is 50.9 Å². The Morgan fingerprint density at radius 1 is 0.940 bits per heavy atom. The van der Waals surface area contributed by atoms with Gasteiger partial charge >= 0.3 is 0 Å². The summed E-state index contributed by atoms with van der Waals surface area (Å²) >= 11 is 0. The number of amidine groups is 1. The molecule has 2 aliphatic rings. The van der Waals surface area contributed by atoms with Gasteiger partial charge in [-0.15, -0.1) is 0 Å². The Kier molecular flexibility index (Phi) is 10.8. The number of ether oxygens (including phenoxy) is 3. The van der Waals surface area contributed by atoms with E-state index in [9.17, 15) is 35.1 Å². The highest BCUT2D eigenvalue weighted by molar-refractivity contribution is 6.14. The number of methoxy groups -OCH3 is 2. The third-order valence-corrected chi connectivity index (χ3v) is 7.90. The summed E-state index contributed by atoms with van der Waals surface area (Å²) in [5.41, 5.74) is 8.43. The van der Waals surface area contributed by atoms with E-state index in [4.69, 9.17) is 19.9 Å². The van der Waals surface area contributed by atoms with Gasteiger partial charge in [0.1, 0.15) is 30.3 Å². The number of ketones is 2. The third-order valence-electron chi connectivity index (χ3n) is 7.90. The van der Waals surface area contributed by atoms with Crippen LogP contribution in [0.4, 0.5) is 5.82 Å². The number of carbonyl (C=O) groups excluding carboxylic acids is 2. The van der Waals surface area contributed by atoms with Crippen molar-refractivity contribution >= 4 is 46.4 Å². The lowest BCUT2D eigenvalue weighted by molar-refractivity contribution is -0.121. The van der Waals surface area contributed by atoms with Crippen molar-refractivity contribution in [3.05, 3.63) is 77.8 Å². The number of aliphatic hydroxyl groups is 3. The normalized spacial score (nSPS) is 19.8. The predicted molar refractivity (Wildman–Crippen MR) is 182 cm³/mol. The Hall–Kier alpha value is -5.81. The summed E-state index contributed by atoms with van der Waals surface area (Å²) in [6, 6.07) is 9.34. The number of benzene rings is 2. The molecule has 2 aliphatic heterocycles. The fraction of sp³-hybridized carbons (Fsp3) is 0.265. The number of phenolic OH excluding ortho intramolecular Hbond substituents is 2. The lowest BCUT2D eigenvalue weighted by Crippen LogP contribution is -2.33. The minimum absolute atomic E-state index is 0.00662. The number of carbonyl (C=O) groups is 2. The number of hydrogen-bond acceptors (Lipinski definition) is 15. The molecule has 0 radical (unpaired) electrons. The largest absolute Gasteiger partial charge is 0.504 e. The van der Waals surface area contributed by atoms with Gasteiger partial charge in [0.25, 0.3) is 0 Å². The summed E-state index contributed by atoms with van der Waals surface area (Å²) in [5.74, 6) is 0.801. The number of aromatic nitrogens is 3. The number of hydrogen-bond donors (Lipinski definition) is 6. The molecule has 1 fully saturated rings. The molecule has 0 spiro atoms. The first-order valence-electron chi connectivity index (χ1n) is 15.2. The van der Waals surface area contributed by atoms with Crippen molar-refractivity contribution in [2.75, 3.05) is 32.9 Å². The molecule has 16 nitrogen and oxygen atoms in total. The van der Waals surface area contributed by atoms with Crippen LogP contribution in [0.15, 0.2) is 66.2 Å². The van der Waals surface area contributed by atoms with E-state index >= 15 is 0 Å². The minimum atomic E-state index is -1.20. The minimum Gasteiger partial charge on any atom is -0.504 e. The molecule has 16 heteroatoms.